The standard InChI is InChI=1S/C26H35N5O3/c1-4-13-31(25(33)5-2)19-24(32)27-21-9-11-23(12-10-21)29-14-16-30(17-15-29)26(34)28-22-8-6-7-20(3)18-22/h6-12,18H,4-5,13-17,19H2,1-3H3,(H,27,32)(H,28,34). The van der Waals surface area contributed by atoms with Crippen molar-refractivity contribution in [1.82, 2.24) is 9.80 Å². The van der Waals surface area contributed by atoms with E-state index >= 15 is 0 Å². The van der Waals surface area contributed by atoms with Crippen LogP contribution in [0.1, 0.15) is 32.3 Å². The zero-order chi connectivity index (χ0) is 24.5. The molecule has 0 bridgehead atoms. The molecule has 182 valence electrons. The summed E-state index contributed by atoms with van der Waals surface area (Å²) in [6.45, 7) is 9.17. The normalized spacial score (nSPS) is 13.4. The second-order valence-electron chi connectivity index (χ2n) is 8.54. The maximum Gasteiger partial charge on any atom is 0.321 e. The zero-order valence-corrected chi connectivity index (χ0v) is 20.3. The molecule has 0 saturated carbocycles. The molecule has 1 heterocycles. The summed E-state index contributed by atoms with van der Waals surface area (Å²) in [5, 5.41) is 5.84. The second-order valence-corrected chi connectivity index (χ2v) is 8.54. The molecular formula is C26H35N5O3. The van der Waals surface area contributed by atoms with Gasteiger partial charge in [0.2, 0.25) is 11.8 Å². The Labute approximate surface area is 201 Å². The summed E-state index contributed by atoms with van der Waals surface area (Å²) in [6.07, 6.45) is 1.21. The number of benzene rings is 2. The Morgan fingerprint density at radius 3 is 2.24 bits per heavy atom. The van der Waals surface area contributed by atoms with Crippen LogP contribution in [0, 0.1) is 6.92 Å². The fourth-order valence-corrected chi connectivity index (χ4v) is 4.01. The van der Waals surface area contributed by atoms with Crippen molar-refractivity contribution >= 4 is 34.9 Å². The van der Waals surface area contributed by atoms with Gasteiger partial charge in [-0.2, -0.15) is 0 Å². The maximum atomic E-state index is 12.6. The number of urea groups is 1. The molecule has 2 aromatic rings. The molecule has 0 unspecified atom stereocenters. The van der Waals surface area contributed by atoms with Crippen LogP contribution in [0.2, 0.25) is 0 Å². The molecule has 0 aliphatic carbocycles. The lowest BCUT2D eigenvalue weighted by molar-refractivity contribution is -0.134. The summed E-state index contributed by atoms with van der Waals surface area (Å²) >= 11 is 0. The van der Waals surface area contributed by atoms with Gasteiger partial charge in [-0.25, -0.2) is 4.79 Å². The molecule has 1 fully saturated rings. The van der Waals surface area contributed by atoms with Crippen molar-refractivity contribution in [3.63, 3.8) is 0 Å². The lowest BCUT2D eigenvalue weighted by atomic mass is 10.2. The van der Waals surface area contributed by atoms with E-state index in [0.717, 1.165) is 36.4 Å². The number of carbonyl (C=O) groups excluding carboxylic acids is 3. The first-order valence-electron chi connectivity index (χ1n) is 11.9. The molecule has 1 saturated heterocycles. The smallest absolute Gasteiger partial charge is 0.321 e. The third-order valence-corrected chi connectivity index (χ3v) is 5.84. The Balaban J connectivity index is 1.48. The summed E-state index contributed by atoms with van der Waals surface area (Å²) in [6, 6.07) is 15.4. The van der Waals surface area contributed by atoms with Crippen molar-refractivity contribution in [2.75, 3.05) is 54.8 Å². The van der Waals surface area contributed by atoms with Gasteiger partial charge in [-0.3, -0.25) is 9.59 Å². The highest BCUT2D eigenvalue weighted by Gasteiger charge is 2.21. The minimum atomic E-state index is -0.198. The molecule has 8 nitrogen and oxygen atoms in total. The van der Waals surface area contributed by atoms with Gasteiger partial charge in [-0.1, -0.05) is 26.0 Å². The number of rotatable bonds is 8. The fourth-order valence-electron chi connectivity index (χ4n) is 4.01. The number of amides is 4. The number of anilines is 3. The Bertz CT molecular complexity index is 984. The SMILES string of the molecule is CCCN(CC(=O)Nc1ccc(N2CCN(C(=O)Nc3cccc(C)c3)CC2)cc1)C(=O)CC. The summed E-state index contributed by atoms with van der Waals surface area (Å²) < 4.78 is 0. The first-order chi connectivity index (χ1) is 16.4. The van der Waals surface area contributed by atoms with Crippen LogP contribution in [0.4, 0.5) is 21.9 Å². The van der Waals surface area contributed by atoms with Crippen LogP contribution in [-0.4, -0.2) is 66.9 Å². The highest BCUT2D eigenvalue weighted by atomic mass is 16.2. The van der Waals surface area contributed by atoms with Crippen molar-refractivity contribution < 1.29 is 14.4 Å². The third-order valence-electron chi connectivity index (χ3n) is 5.84. The summed E-state index contributed by atoms with van der Waals surface area (Å²) in [7, 11) is 0. The highest BCUT2D eigenvalue weighted by molar-refractivity contribution is 5.94. The van der Waals surface area contributed by atoms with Crippen LogP contribution in [-0.2, 0) is 9.59 Å². The van der Waals surface area contributed by atoms with Crippen molar-refractivity contribution in [3.8, 4) is 0 Å². The van der Waals surface area contributed by atoms with Crippen LogP contribution in [0.25, 0.3) is 0 Å². The van der Waals surface area contributed by atoms with Crippen LogP contribution >= 0.6 is 0 Å². The van der Waals surface area contributed by atoms with E-state index in [1.165, 1.54) is 0 Å². The first-order valence-corrected chi connectivity index (χ1v) is 11.9. The van der Waals surface area contributed by atoms with Crippen molar-refractivity contribution in [2.45, 2.75) is 33.6 Å². The Kier molecular flexibility index (Phi) is 8.90. The fraction of sp³-hybridized carbons (Fsp3) is 0.423. The van der Waals surface area contributed by atoms with Crippen LogP contribution in [0.3, 0.4) is 0 Å². The Morgan fingerprint density at radius 1 is 0.912 bits per heavy atom. The second kappa shape index (κ2) is 12.1. The summed E-state index contributed by atoms with van der Waals surface area (Å²) in [5.41, 5.74) is 3.66. The van der Waals surface area contributed by atoms with Crippen LogP contribution < -0.4 is 15.5 Å². The molecule has 34 heavy (non-hydrogen) atoms. The first kappa shape index (κ1) is 25.1. The molecule has 8 heteroatoms. The number of hydrogen-bond acceptors (Lipinski definition) is 4. The lowest BCUT2D eigenvalue weighted by Crippen LogP contribution is -2.50. The molecule has 0 radical (unpaired) electrons. The molecule has 4 amide bonds. The molecule has 1 aliphatic heterocycles. The predicted molar refractivity (Wildman–Crippen MR) is 136 cm³/mol. The van der Waals surface area contributed by atoms with Gasteiger partial charge in [-0.15, -0.1) is 0 Å². The predicted octanol–water partition coefficient (Wildman–Crippen LogP) is 3.94. The largest absolute Gasteiger partial charge is 0.368 e. The van der Waals surface area contributed by atoms with Gasteiger partial charge < -0.3 is 25.3 Å². The Morgan fingerprint density at radius 2 is 1.62 bits per heavy atom. The van der Waals surface area contributed by atoms with Crippen molar-refractivity contribution in [2.24, 2.45) is 0 Å². The topological polar surface area (TPSA) is 85.0 Å². The number of nitrogens with one attached hydrogen (secondary N) is 2. The molecule has 1 aliphatic rings. The molecule has 2 aromatic carbocycles. The van der Waals surface area contributed by atoms with E-state index in [2.05, 4.69) is 15.5 Å². The molecule has 0 aromatic heterocycles. The average Bonchev–Trinajstić information content (AvgIpc) is 2.84. The van der Waals surface area contributed by atoms with E-state index in [9.17, 15) is 14.4 Å². The minimum Gasteiger partial charge on any atom is -0.368 e. The monoisotopic (exact) mass is 465 g/mol. The van der Waals surface area contributed by atoms with E-state index in [1.54, 1.807) is 11.8 Å². The van der Waals surface area contributed by atoms with E-state index in [4.69, 9.17) is 0 Å². The Hall–Kier alpha value is -3.55. The van der Waals surface area contributed by atoms with E-state index in [0.29, 0.717) is 31.7 Å². The zero-order valence-electron chi connectivity index (χ0n) is 20.3. The van der Waals surface area contributed by atoms with Gasteiger partial charge in [0, 0.05) is 56.2 Å². The van der Waals surface area contributed by atoms with Crippen molar-refractivity contribution in [3.05, 3.63) is 54.1 Å². The maximum absolute atomic E-state index is 12.6. The van der Waals surface area contributed by atoms with Gasteiger partial charge in [0.25, 0.3) is 0 Å². The van der Waals surface area contributed by atoms with Gasteiger partial charge in [-0.05, 0) is 55.3 Å². The number of carbonyl (C=O) groups is 3. The van der Waals surface area contributed by atoms with Gasteiger partial charge in [0.05, 0.1) is 6.54 Å². The molecule has 2 N–H and O–H groups in total. The lowest BCUT2D eigenvalue weighted by Gasteiger charge is -2.36. The number of hydrogen-bond donors (Lipinski definition) is 2. The summed E-state index contributed by atoms with van der Waals surface area (Å²) in [5.74, 6) is -0.213. The third kappa shape index (κ3) is 6.97. The number of nitrogens with zero attached hydrogens (tertiary/aromatic N) is 3. The molecule has 3 rings (SSSR count). The van der Waals surface area contributed by atoms with Gasteiger partial charge in [0.15, 0.2) is 0 Å². The van der Waals surface area contributed by atoms with Crippen LogP contribution in [0.5, 0.6) is 0 Å². The van der Waals surface area contributed by atoms with E-state index in [-0.39, 0.29) is 24.4 Å². The minimum absolute atomic E-state index is 0.0148. The highest BCUT2D eigenvalue weighted by Crippen LogP contribution is 2.20. The van der Waals surface area contributed by atoms with Crippen LogP contribution in [0.15, 0.2) is 48.5 Å². The molecule has 0 atom stereocenters. The molecule has 0 spiro atoms. The number of aryl methyl sites for hydroxylation is 1. The number of piperazine rings is 1. The molecular weight excluding hydrogens is 430 g/mol. The van der Waals surface area contributed by atoms with E-state index < -0.39 is 0 Å². The quantitative estimate of drug-likeness (QED) is 0.619. The van der Waals surface area contributed by atoms with Crippen molar-refractivity contribution in [1.29, 1.82) is 0 Å². The van der Waals surface area contributed by atoms with Gasteiger partial charge >= 0.3 is 6.03 Å². The van der Waals surface area contributed by atoms with Gasteiger partial charge in [0.1, 0.15) is 0 Å². The van der Waals surface area contributed by atoms with E-state index in [1.807, 2.05) is 67.3 Å². The summed E-state index contributed by atoms with van der Waals surface area (Å²) in [4.78, 5) is 42.6. The average molecular weight is 466 g/mol.